The van der Waals surface area contributed by atoms with Crippen LogP contribution in [0.25, 0.3) is 0 Å². The second-order valence-corrected chi connectivity index (χ2v) is 5.09. The highest BCUT2D eigenvalue weighted by molar-refractivity contribution is 5.89. The Hall–Kier alpha value is -1.39. The molecule has 2 heterocycles. The third kappa shape index (κ3) is 2.71. The molecule has 1 atom stereocenters. The lowest BCUT2D eigenvalue weighted by Gasteiger charge is -2.38. The van der Waals surface area contributed by atoms with Gasteiger partial charge in [0.2, 0.25) is 11.8 Å². The number of amides is 2. The summed E-state index contributed by atoms with van der Waals surface area (Å²) in [5.41, 5.74) is 0. The maximum Gasteiger partial charge on any atom is 0.245 e. The van der Waals surface area contributed by atoms with Gasteiger partial charge in [0.05, 0.1) is 0 Å². The van der Waals surface area contributed by atoms with Gasteiger partial charge in [-0.3, -0.25) is 14.4 Å². The molecular formula is C13H20N2O3. The number of nitrogens with zero attached hydrogens (tertiary/aromatic N) is 2. The minimum atomic E-state index is -0.301. The summed E-state index contributed by atoms with van der Waals surface area (Å²) in [5, 5.41) is 0. The Bertz CT molecular complexity index is 357. The summed E-state index contributed by atoms with van der Waals surface area (Å²) in [7, 11) is 0. The molecule has 0 N–H and O–H groups in total. The van der Waals surface area contributed by atoms with E-state index in [-0.39, 0.29) is 23.6 Å². The van der Waals surface area contributed by atoms with Crippen molar-refractivity contribution in [3.63, 3.8) is 0 Å². The highest BCUT2D eigenvalue weighted by Crippen LogP contribution is 2.20. The van der Waals surface area contributed by atoms with E-state index in [1.165, 1.54) is 6.92 Å². The predicted molar refractivity (Wildman–Crippen MR) is 65.8 cm³/mol. The molecule has 0 bridgehead atoms. The number of hydrogen-bond donors (Lipinski definition) is 0. The molecule has 0 saturated carbocycles. The maximum atomic E-state index is 12.4. The first-order chi connectivity index (χ1) is 8.59. The third-order valence-electron chi connectivity index (χ3n) is 3.83. The summed E-state index contributed by atoms with van der Waals surface area (Å²) in [6.45, 7) is 3.23. The van der Waals surface area contributed by atoms with E-state index in [9.17, 15) is 14.4 Å². The fourth-order valence-corrected chi connectivity index (χ4v) is 2.75. The lowest BCUT2D eigenvalue weighted by atomic mass is 9.99. The molecule has 2 fully saturated rings. The van der Waals surface area contributed by atoms with E-state index < -0.39 is 0 Å². The van der Waals surface area contributed by atoms with Crippen LogP contribution < -0.4 is 0 Å². The molecule has 2 saturated heterocycles. The molecule has 1 unspecified atom stereocenters. The fraction of sp³-hybridized carbons (Fsp3) is 0.769. The lowest BCUT2D eigenvalue weighted by molar-refractivity contribution is -0.148. The summed E-state index contributed by atoms with van der Waals surface area (Å²) < 4.78 is 0. The van der Waals surface area contributed by atoms with Crippen molar-refractivity contribution in [2.24, 2.45) is 0 Å². The summed E-state index contributed by atoms with van der Waals surface area (Å²) in [5.74, 6) is 0.227. The Balaban J connectivity index is 2.02. The number of Topliss-reactive ketones (excluding diaryl/α,β-unsaturated/α-hetero) is 1. The van der Waals surface area contributed by atoms with Crippen LogP contribution in [-0.2, 0) is 14.4 Å². The zero-order chi connectivity index (χ0) is 13.1. The van der Waals surface area contributed by atoms with E-state index in [1.54, 1.807) is 9.80 Å². The highest BCUT2D eigenvalue weighted by atomic mass is 16.2. The molecule has 0 spiro atoms. The van der Waals surface area contributed by atoms with Gasteiger partial charge in [-0.25, -0.2) is 0 Å². The molecule has 2 aliphatic heterocycles. The maximum absolute atomic E-state index is 12.4. The first-order valence-corrected chi connectivity index (χ1v) is 6.67. The predicted octanol–water partition coefficient (Wildman–Crippen LogP) is 0.579. The first kappa shape index (κ1) is 13.1. The van der Waals surface area contributed by atoms with Gasteiger partial charge in [0.1, 0.15) is 11.8 Å². The quantitative estimate of drug-likeness (QED) is 0.686. The Morgan fingerprint density at radius 3 is 2.39 bits per heavy atom. The largest absolute Gasteiger partial charge is 0.340 e. The van der Waals surface area contributed by atoms with Gasteiger partial charge in [-0.15, -0.1) is 0 Å². The average Bonchev–Trinajstić information content (AvgIpc) is 2.39. The number of ketones is 1. The molecule has 0 aromatic carbocycles. The molecule has 2 amide bonds. The van der Waals surface area contributed by atoms with Crippen LogP contribution in [-0.4, -0.2) is 53.1 Å². The van der Waals surface area contributed by atoms with Crippen LogP contribution in [0, 0.1) is 0 Å². The van der Waals surface area contributed by atoms with E-state index in [2.05, 4.69) is 0 Å². The smallest absolute Gasteiger partial charge is 0.245 e. The molecule has 5 nitrogen and oxygen atoms in total. The van der Waals surface area contributed by atoms with E-state index in [0.717, 1.165) is 19.3 Å². The van der Waals surface area contributed by atoms with Gasteiger partial charge in [0.15, 0.2) is 0 Å². The highest BCUT2D eigenvalue weighted by Gasteiger charge is 2.34. The van der Waals surface area contributed by atoms with E-state index >= 15 is 0 Å². The molecule has 18 heavy (non-hydrogen) atoms. The standard InChI is InChI=1S/C13H20N2O3/c1-10(16)15-7-3-2-4-12(15)13(18)14-8-5-11(17)6-9-14/h12H,2-9H2,1H3. The second kappa shape index (κ2) is 5.50. The van der Waals surface area contributed by atoms with Gasteiger partial charge in [0, 0.05) is 39.4 Å². The first-order valence-electron chi connectivity index (χ1n) is 6.67. The molecule has 0 aromatic heterocycles. The van der Waals surface area contributed by atoms with Crippen molar-refractivity contribution < 1.29 is 14.4 Å². The molecule has 2 rings (SSSR count). The molecule has 2 aliphatic rings. The summed E-state index contributed by atoms with van der Waals surface area (Å²) in [4.78, 5) is 38.5. The van der Waals surface area contributed by atoms with Crippen LogP contribution in [0.2, 0.25) is 0 Å². The molecular weight excluding hydrogens is 232 g/mol. The monoisotopic (exact) mass is 252 g/mol. The van der Waals surface area contributed by atoms with Crippen LogP contribution in [0.15, 0.2) is 0 Å². The van der Waals surface area contributed by atoms with Crippen LogP contribution in [0.1, 0.15) is 39.0 Å². The number of piperidine rings is 2. The number of carbonyl (C=O) groups is 3. The van der Waals surface area contributed by atoms with Gasteiger partial charge in [-0.2, -0.15) is 0 Å². The Morgan fingerprint density at radius 1 is 1.11 bits per heavy atom. The van der Waals surface area contributed by atoms with E-state index in [1.807, 2.05) is 0 Å². The number of hydrogen-bond acceptors (Lipinski definition) is 3. The SMILES string of the molecule is CC(=O)N1CCCCC1C(=O)N1CCC(=O)CC1. The number of likely N-dealkylation sites (tertiary alicyclic amines) is 2. The molecule has 100 valence electrons. The van der Waals surface area contributed by atoms with Gasteiger partial charge < -0.3 is 9.80 Å². The fourth-order valence-electron chi connectivity index (χ4n) is 2.75. The second-order valence-electron chi connectivity index (χ2n) is 5.09. The van der Waals surface area contributed by atoms with Crippen molar-refractivity contribution in [3.8, 4) is 0 Å². The van der Waals surface area contributed by atoms with Gasteiger partial charge >= 0.3 is 0 Å². The van der Waals surface area contributed by atoms with Crippen LogP contribution in [0.3, 0.4) is 0 Å². The average molecular weight is 252 g/mol. The Morgan fingerprint density at radius 2 is 1.78 bits per heavy atom. The molecule has 0 radical (unpaired) electrons. The minimum absolute atomic E-state index is 0.0254. The van der Waals surface area contributed by atoms with Crippen LogP contribution in [0.5, 0.6) is 0 Å². The van der Waals surface area contributed by atoms with Crippen molar-refractivity contribution in [2.75, 3.05) is 19.6 Å². The van der Waals surface area contributed by atoms with Crippen LogP contribution in [0.4, 0.5) is 0 Å². The molecule has 0 aliphatic carbocycles. The molecule has 5 heteroatoms. The van der Waals surface area contributed by atoms with Crippen LogP contribution >= 0.6 is 0 Å². The molecule has 0 aromatic rings. The Kier molecular flexibility index (Phi) is 3.99. The lowest BCUT2D eigenvalue weighted by Crippen LogP contribution is -2.54. The van der Waals surface area contributed by atoms with Gasteiger partial charge in [-0.1, -0.05) is 0 Å². The summed E-state index contributed by atoms with van der Waals surface area (Å²) in [6, 6.07) is -0.301. The van der Waals surface area contributed by atoms with Crippen molar-refractivity contribution in [2.45, 2.75) is 45.1 Å². The third-order valence-corrected chi connectivity index (χ3v) is 3.83. The number of carbonyl (C=O) groups excluding carboxylic acids is 3. The number of rotatable bonds is 1. The van der Waals surface area contributed by atoms with E-state index in [0.29, 0.717) is 32.5 Å². The van der Waals surface area contributed by atoms with Crippen molar-refractivity contribution in [3.05, 3.63) is 0 Å². The van der Waals surface area contributed by atoms with Crippen molar-refractivity contribution in [1.29, 1.82) is 0 Å². The van der Waals surface area contributed by atoms with Gasteiger partial charge in [0.25, 0.3) is 0 Å². The van der Waals surface area contributed by atoms with Gasteiger partial charge in [-0.05, 0) is 19.3 Å². The van der Waals surface area contributed by atoms with E-state index in [4.69, 9.17) is 0 Å². The minimum Gasteiger partial charge on any atom is -0.340 e. The van der Waals surface area contributed by atoms with Crippen molar-refractivity contribution >= 4 is 17.6 Å². The normalized spacial score (nSPS) is 25.2. The Labute approximate surface area is 107 Å². The summed E-state index contributed by atoms with van der Waals surface area (Å²) >= 11 is 0. The summed E-state index contributed by atoms with van der Waals surface area (Å²) in [6.07, 6.45) is 3.63. The topological polar surface area (TPSA) is 57.7 Å². The zero-order valence-corrected chi connectivity index (χ0v) is 10.9. The zero-order valence-electron chi connectivity index (χ0n) is 10.9. The van der Waals surface area contributed by atoms with Crippen molar-refractivity contribution in [1.82, 2.24) is 9.80 Å².